The zero-order chi connectivity index (χ0) is 16.2. The molecule has 0 aliphatic carbocycles. The first kappa shape index (κ1) is 14.9. The Morgan fingerprint density at radius 2 is 2.00 bits per heavy atom. The van der Waals surface area contributed by atoms with Gasteiger partial charge in [-0.15, -0.1) is 0 Å². The molecule has 1 spiro atoms. The lowest BCUT2D eigenvalue weighted by Crippen LogP contribution is -2.71. The van der Waals surface area contributed by atoms with Crippen molar-refractivity contribution in [1.29, 1.82) is 0 Å². The smallest absolute Gasteiger partial charge is 0.270 e. The van der Waals surface area contributed by atoms with Crippen molar-refractivity contribution >= 4 is 17.7 Å². The maximum atomic E-state index is 12.3. The number of hydrogen-bond donors (Lipinski definition) is 4. The molecule has 0 aromatic carbocycles. The van der Waals surface area contributed by atoms with Gasteiger partial charge in [-0.25, -0.2) is 5.06 Å². The van der Waals surface area contributed by atoms with Crippen molar-refractivity contribution in [1.82, 2.24) is 26.1 Å². The van der Waals surface area contributed by atoms with E-state index in [0.717, 1.165) is 24.4 Å². The quantitative estimate of drug-likeness (QED) is 0.201. The molecule has 5 atom stereocenters. The van der Waals surface area contributed by atoms with Gasteiger partial charge in [-0.2, -0.15) is 0 Å². The summed E-state index contributed by atoms with van der Waals surface area (Å²) in [6, 6.07) is -0.615. The van der Waals surface area contributed by atoms with Gasteiger partial charge in [0, 0.05) is 13.1 Å². The Bertz CT molecular complexity index is 563. The summed E-state index contributed by atoms with van der Waals surface area (Å²) in [5, 5.41) is 13.5. The molecular weight excluding hydrogens is 302 g/mol. The van der Waals surface area contributed by atoms with Gasteiger partial charge in [0.25, 0.3) is 11.8 Å². The highest BCUT2D eigenvalue weighted by atomic mass is 16.5. The van der Waals surface area contributed by atoms with Crippen LogP contribution in [0.15, 0.2) is 0 Å². The van der Waals surface area contributed by atoms with Crippen molar-refractivity contribution in [3.8, 4) is 0 Å². The molecule has 9 heteroatoms. The maximum Gasteiger partial charge on any atom is 0.270 e. The summed E-state index contributed by atoms with van der Waals surface area (Å²) in [4.78, 5) is 38.0. The molecule has 0 bridgehead atoms. The maximum absolute atomic E-state index is 12.3. The minimum atomic E-state index is -0.660. The van der Waals surface area contributed by atoms with Gasteiger partial charge in [0.2, 0.25) is 5.91 Å². The average Bonchev–Trinajstić information content (AvgIpc) is 3.36. The zero-order valence-electron chi connectivity index (χ0n) is 12.7. The normalized spacial score (nSPS) is 41.3. The third-order valence-electron chi connectivity index (χ3n) is 5.61. The van der Waals surface area contributed by atoms with Crippen molar-refractivity contribution in [2.24, 2.45) is 5.92 Å². The van der Waals surface area contributed by atoms with Crippen LogP contribution in [0.5, 0.6) is 0 Å². The van der Waals surface area contributed by atoms with E-state index in [4.69, 9.17) is 0 Å². The number of hydrazine groups is 1. The van der Waals surface area contributed by atoms with Gasteiger partial charge in [0.1, 0.15) is 5.54 Å². The predicted molar refractivity (Wildman–Crippen MR) is 76.8 cm³/mol. The van der Waals surface area contributed by atoms with E-state index in [9.17, 15) is 19.6 Å². The van der Waals surface area contributed by atoms with Crippen LogP contribution < -0.4 is 16.2 Å². The summed E-state index contributed by atoms with van der Waals surface area (Å²) in [6.07, 6.45) is 2.92. The van der Waals surface area contributed by atoms with E-state index in [2.05, 4.69) is 16.2 Å². The number of nitrogens with one attached hydrogen (secondary N) is 3. The number of nitrogens with zero attached hydrogens (tertiary/aromatic N) is 2. The molecule has 0 aromatic heterocycles. The van der Waals surface area contributed by atoms with Crippen LogP contribution in [0.25, 0.3) is 0 Å². The molecule has 4 fully saturated rings. The number of carbonyl (C=O) groups excluding carboxylic acids is 3. The van der Waals surface area contributed by atoms with Crippen LogP contribution in [0, 0.1) is 5.92 Å². The fourth-order valence-electron chi connectivity index (χ4n) is 4.21. The predicted octanol–water partition coefficient (Wildman–Crippen LogP) is -2.05. The third-order valence-corrected chi connectivity index (χ3v) is 5.61. The van der Waals surface area contributed by atoms with Gasteiger partial charge < -0.3 is 5.32 Å². The van der Waals surface area contributed by atoms with Gasteiger partial charge in [-0.1, -0.05) is 0 Å². The molecular formula is C14H21N5O4. The highest BCUT2D eigenvalue weighted by Gasteiger charge is 2.77. The van der Waals surface area contributed by atoms with Crippen molar-refractivity contribution in [3.05, 3.63) is 0 Å². The minimum absolute atomic E-state index is 0.122. The second kappa shape index (κ2) is 5.15. The van der Waals surface area contributed by atoms with E-state index < -0.39 is 11.6 Å². The van der Waals surface area contributed by atoms with Crippen LogP contribution >= 0.6 is 0 Å². The highest BCUT2D eigenvalue weighted by molar-refractivity contribution is 5.99. The Morgan fingerprint density at radius 3 is 2.74 bits per heavy atom. The van der Waals surface area contributed by atoms with Crippen molar-refractivity contribution in [2.75, 3.05) is 19.6 Å². The molecule has 0 saturated carbocycles. The van der Waals surface area contributed by atoms with Gasteiger partial charge in [0.05, 0.1) is 18.0 Å². The van der Waals surface area contributed by atoms with E-state index >= 15 is 0 Å². The molecule has 0 aromatic rings. The van der Waals surface area contributed by atoms with Crippen LogP contribution in [-0.2, 0) is 14.4 Å². The standard InChI is InChI=1S/C14H21N5O4/c20-11(8-2-1-5-15-6-8)16-17-12(21)9-3-4-10-14(7-18(9)14)13(22)19(10)23/h8-10,15,23H,1-7H2,(H,16,20)(H,17,21)/t8-,9+,10?,14?,18?/m1/s1. The Hall–Kier alpha value is -1.71. The van der Waals surface area contributed by atoms with E-state index in [1.165, 1.54) is 0 Å². The van der Waals surface area contributed by atoms with Gasteiger partial charge in [-0.05, 0) is 32.2 Å². The molecule has 4 aliphatic heterocycles. The summed E-state index contributed by atoms with van der Waals surface area (Å²) >= 11 is 0. The molecule has 4 saturated heterocycles. The van der Waals surface area contributed by atoms with Crippen LogP contribution in [-0.4, -0.2) is 70.1 Å². The Labute approximate surface area is 133 Å². The molecule has 4 N–H and O–H groups in total. The molecule has 3 amide bonds. The first-order chi connectivity index (χ1) is 11.1. The first-order valence-corrected chi connectivity index (χ1v) is 8.15. The molecule has 4 heterocycles. The number of carbonyl (C=O) groups is 3. The lowest BCUT2D eigenvalue weighted by molar-refractivity contribution is -0.222. The van der Waals surface area contributed by atoms with Crippen molar-refractivity contribution in [2.45, 2.75) is 43.3 Å². The Balaban J connectivity index is 1.31. The molecule has 126 valence electrons. The van der Waals surface area contributed by atoms with Crippen molar-refractivity contribution in [3.63, 3.8) is 0 Å². The number of hydrogen-bond acceptors (Lipinski definition) is 6. The molecule has 4 rings (SSSR count). The van der Waals surface area contributed by atoms with Crippen LogP contribution in [0.2, 0.25) is 0 Å². The van der Waals surface area contributed by atoms with E-state index in [1.54, 1.807) is 0 Å². The molecule has 0 radical (unpaired) electrons. The summed E-state index contributed by atoms with van der Waals surface area (Å²) < 4.78 is 0. The second-order valence-corrected chi connectivity index (χ2v) is 6.83. The molecule has 3 unspecified atom stereocenters. The minimum Gasteiger partial charge on any atom is -0.316 e. The third kappa shape index (κ3) is 2.07. The second-order valence-electron chi connectivity index (χ2n) is 6.83. The zero-order valence-corrected chi connectivity index (χ0v) is 12.7. The van der Waals surface area contributed by atoms with Crippen LogP contribution in [0.4, 0.5) is 0 Å². The van der Waals surface area contributed by atoms with Gasteiger partial charge >= 0.3 is 0 Å². The molecule has 23 heavy (non-hydrogen) atoms. The van der Waals surface area contributed by atoms with E-state index in [1.807, 2.05) is 4.90 Å². The highest BCUT2D eigenvalue weighted by Crippen LogP contribution is 2.53. The summed E-state index contributed by atoms with van der Waals surface area (Å²) in [5.74, 6) is -0.913. The number of β-lactam (4-membered cyclic amide) rings is 1. The number of hydroxylamine groups is 2. The first-order valence-electron chi connectivity index (χ1n) is 8.15. The Kier molecular flexibility index (Phi) is 3.33. The lowest BCUT2D eigenvalue weighted by atomic mass is 9.81. The van der Waals surface area contributed by atoms with Gasteiger partial charge in [-0.3, -0.25) is 35.3 Å². The van der Waals surface area contributed by atoms with Crippen molar-refractivity contribution < 1.29 is 19.6 Å². The van der Waals surface area contributed by atoms with Crippen LogP contribution in [0.3, 0.4) is 0 Å². The lowest BCUT2D eigenvalue weighted by Gasteiger charge is -2.47. The fourth-order valence-corrected chi connectivity index (χ4v) is 4.21. The summed E-state index contributed by atoms with van der Waals surface area (Å²) in [7, 11) is 0. The number of amides is 3. The monoisotopic (exact) mass is 323 g/mol. The van der Waals surface area contributed by atoms with Crippen LogP contribution in [0.1, 0.15) is 25.7 Å². The van der Waals surface area contributed by atoms with E-state index in [-0.39, 0.29) is 29.7 Å². The summed E-state index contributed by atoms with van der Waals surface area (Å²) in [6.45, 7) is 2.06. The molecule has 4 aliphatic rings. The van der Waals surface area contributed by atoms with Gasteiger partial charge in [0.15, 0.2) is 0 Å². The number of rotatable bonds is 2. The van der Waals surface area contributed by atoms with E-state index in [0.29, 0.717) is 25.9 Å². The Morgan fingerprint density at radius 1 is 1.22 bits per heavy atom. The largest absolute Gasteiger partial charge is 0.316 e. The molecule has 9 nitrogen and oxygen atoms in total. The fraction of sp³-hybridized carbons (Fsp3) is 0.786. The SMILES string of the molecule is O=C(NNC(=O)[C@@H]1CCC2N(O)C(=O)C23CN13)[C@@H]1CCCNC1. The average molecular weight is 323 g/mol. The summed E-state index contributed by atoms with van der Waals surface area (Å²) in [5.41, 5.74) is 4.33. The topological polar surface area (TPSA) is 114 Å². The number of piperidine rings is 2.